The minimum Gasteiger partial charge on any atom is -0.386 e. The smallest absolute Gasteiger partial charge is 0.120 e. The summed E-state index contributed by atoms with van der Waals surface area (Å²) >= 11 is 1.97. The van der Waals surface area contributed by atoms with Crippen molar-refractivity contribution >= 4 is 18.0 Å². The second-order valence-corrected chi connectivity index (χ2v) is 11.4. The fraction of sp³-hybridized carbons (Fsp3) is 0.821. The molecule has 0 rings (SSSR count). The van der Waals surface area contributed by atoms with Gasteiger partial charge in [0, 0.05) is 29.7 Å². The topological polar surface area (TPSA) is 29.1 Å². The summed E-state index contributed by atoms with van der Waals surface area (Å²) in [4.78, 5) is 10.4. The molecule has 0 heterocycles. The van der Waals surface area contributed by atoms with Gasteiger partial charge in [0.2, 0.25) is 0 Å². The molecule has 3 atom stereocenters. The number of carbonyl (C=O) groups is 1. The van der Waals surface area contributed by atoms with Crippen molar-refractivity contribution in [2.75, 3.05) is 11.5 Å². The van der Waals surface area contributed by atoms with Gasteiger partial charge < -0.3 is 10.1 Å². The molecule has 0 spiro atoms. The van der Waals surface area contributed by atoms with E-state index in [1.807, 2.05) is 11.8 Å². The first kappa shape index (κ1) is 30.3. The average Bonchev–Trinajstić information content (AvgIpc) is 2.69. The zero-order valence-corrected chi connectivity index (χ0v) is 22.5. The first-order valence-electron chi connectivity index (χ1n) is 12.9. The SMILES string of the molecule is C=C(CCC=O)NC(C)CSC/C=C(\C)CCCC(C)CCCC(C)CCCC(C)C. The molecule has 0 aromatic rings. The number of thioether (sulfide) groups is 1. The molecule has 0 aromatic carbocycles. The highest BCUT2D eigenvalue weighted by Gasteiger charge is 2.07. The van der Waals surface area contributed by atoms with E-state index in [0.717, 1.165) is 47.7 Å². The summed E-state index contributed by atoms with van der Waals surface area (Å²) in [6.07, 6.45) is 17.0. The molecule has 31 heavy (non-hydrogen) atoms. The summed E-state index contributed by atoms with van der Waals surface area (Å²) in [5, 5.41) is 3.39. The van der Waals surface area contributed by atoms with E-state index >= 15 is 0 Å². The maximum atomic E-state index is 10.4. The average molecular weight is 452 g/mol. The molecule has 3 heteroatoms. The van der Waals surface area contributed by atoms with Gasteiger partial charge in [-0.2, -0.15) is 11.8 Å². The standard InChI is InChI=1S/C28H53NOS/c1-23(2)12-8-13-24(3)14-9-15-25(4)16-10-17-26(5)19-21-31-22-28(7)29-27(6)18-11-20-30/h19-20,23-25,28-29H,6,8-18,21-22H2,1-5,7H3/b26-19+. The number of allylic oxidation sites excluding steroid dienone is 2. The second-order valence-electron chi connectivity index (χ2n) is 10.3. The Morgan fingerprint density at radius 1 is 0.903 bits per heavy atom. The Balaban J connectivity index is 3.73. The van der Waals surface area contributed by atoms with Crippen LogP contribution in [0.2, 0.25) is 0 Å². The highest BCUT2D eigenvalue weighted by atomic mass is 32.2. The molecule has 1 N–H and O–H groups in total. The van der Waals surface area contributed by atoms with E-state index in [9.17, 15) is 4.79 Å². The van der Waals surface area contributed by atoms with Crippen molar-refractivity contribution in [1.29, 1.82) is 0 Å². The second kappa shape index (κ2) is 19.9. The van der Waals surface area contributed by atoms with Gasteiger partial charge in [0.25, 0.3) is 0 Å². The normalized spacial score (nSPS) is 15.0. The van der Waals surface area contributed by atoms with Crippen molar-refractivity contribution in [2.45, 2.75) is 118 Å². The number of hydrogen-bond donors (Lipinski definition) is 1. The third kappa shape index (κ3) is 20.9. The van der Waals surface area contributed by atoms with E-state index in [1.54, 1.807) is 0 Å². The fourth-order valence-electron chi connectivity index (χ4n) is 3.95. The van der Waals surface area contributed by atoms with Crippen LogP contribution in [-0.2, 0) is 4.79 Å². The molecule has 0 radical (unpaired) electrons. The van der Waals surface area contributed by atoms with Crippen LogP contribution in [0.4, 0.5) is 0 Å². The molecule has 0 aromatic heterocycles. The van der Waals surface area contributed by atoms with Crippen molar-refractivity contribution in [2.24, 2.45) is 17.8 Å². The van der Waals surface area contributed by atoms with Crippen LogP contribution < -0.4 is 5.32 Å². The van der Waals surface area contributed by atoms with E-state index in [4.69, 9.17) is 0 Å². The summed E-state index contributed by atoms with van der Waals surface area (Å²) < 4.78 is 0. The van der Waals surface area contributed by atoms with Gasteiger partial charge in [0.15, 0.2) is 0 Å². The fourth-order valence-corrected chi connectivity index (χ4v) is 4.93. The molecular formula is C28H53NOS. The Hall–Kier alpha value is -0.700. The predicted octanol–water partition coefficient (Wildman–Crippen LogP) is 8.58. The third-order valence-electron chi connectivity index (χ3n) is 6.07. The number of rotatable bonds is 21. The maximum Gasteiger partial charge on any atom is 0.120 e. The van der Waals surface area contributed by atoms with Gasteiger partial charge in [0.1, 0.15) is 6.29 Å². The van der Waals surface area contributed by atoms with Gasteiger partial charge in [-0.05, 0) is 50.9 Å². The van der Waals surface area contributed by atoms with Crippen LogP contribution in [0.3, 0.4) is 0 Å². The molecule has 0 aliphatic carbocycles. The monoisotopic (exact) mass is 451 g/mol. The first-order chi connectivity index (χ1) is 14.7. The molecule has 2 nitrogen and oxygen atoms in total. The van der Waals surface area contributed by atoms with Crippen molar-refractivity contribution < 1.29 is 4.79 Å². The summed E-state index contributed by atoms with van der Waals surface area (Å²) in [5.74, 6) is 4.78. The summed E-state index contributed by atoms with van der Waals surface area (Å²) in [7, 11) is 0. The summed E-state index contributed by atoms with van der Waals surface area (Å²) in [5.41, 5.74) is 2.51. The van der Waals surface area contributed by atoms with Gasteiger partial charge in [0.05, 0.1) is 0 Å². The van der Waals surface area contributed by atoms with Crippen molar-refractivity contribution in [3.05, 3.63) is 23.9 Å². The lowest BCUT2D eigenvalue weighted by atomic mass is 9.91. The molecular weight excluding hydrogens is 398 g/mol. The van der Waals surface area contributed by atoms with E-state index in [1.165, 1.54) is 63.4 Å². The lowest BCUT2D eigenvalue weighted by Crippen LogP contribution is -2.27. The van der Waals surface area contributed by atoms with Crippen LogP contribution in [0.1, 0.15) is 112 Å². The molecule has 0 fully saturated rings. The largest absolute Gasteiger partial charge is 0.386 e. The Morgan fingerprint density at radius 3 is 2.06 bits per heavy atom. The highest BCUT2D eigenvalue weighted by molar-refractivity contribution is 7.99. The molecule has 182 valence electrons. The Labute approximate surface area is 199 Å². The van der Waals surface area contributed by atoms with E-state index in [2.05, 4.69) is 59.5 Å². The van der Waals surface area contributed by atoms with Crippen LogP contribution in [0.15, 0.2) is 23.9 Å². The minimum absolute atomic E-state index is 0.400. The number of aldehydes is 1. The van der Waals surface area contributed by atoms with Crippen LogP contribution in [0.25, 0.3) is 0 Å². The highest BCUT2D eigenvalue weighted by Crippen LogP contribution is 2.22. The maximum absolute atomic E-state index is 10.4. The van der Waals surface area contributed by atoms with Crippen LogP contribution in [0.5, 0.6) is 0 Å². The number of hydrogen-bond acceptors (Lipinski definition) is 3. The molecule has 0 aliphatic rings. The van der Waals surface area contributed by atoms with Crippen molar-refractivity contribution in [1.82, 2.24) is 5.32 Å². The molecule has 0 amide bonds. The zero-order valence-electron chi connectivity index (χ0n) is 21.7. The molecule has 0 bridgehead atoms. The lowest BCUT2D eigenvalue weighted by Gasteiger charge is -2.16. The predicted molar refractivity (Wildman–Crippen MR) is 143 cm³/mol. The Morgan fingerprint density at radius 2 is 1.48 bits per heavy atom. The van der Waals surface area contributed by atoms with Crippen LogP contribution in [0, 0.1) is 17.8 Å². The van der Waals surface area contributed by atoms with Gasteiger partial charge in [-0.3, -0.25) is 0 Å². The molecule has 0 aliphatic heterocycles. The van der Waals surface area contributed by atoms with Crippen LogP contribution >= 0.6 is 11.8 Å². The van der Waals surface area contributed by atoms with E-state index in [-0.39, 0.29) is 0 Å². The van der Waals surface area contributed by atoms with Gasteiger partial charge in [-0.1, -0.05) is 90.9 Å². The number of nitrogens with one attached hydrogen (secondary N) is 1. The number of carbonyl (C=O) groups excluding carboxylic acids is 1. The quantitative estimate of drug-likeness (QED) is 0.108. The minimum atomic E-state index is 0.400. The molecule has 0 saturated heterocycles. The van der Waals surface area contributed by atoms with Crippen molar-refractivity contribution in [3.63, 3.8) is 0 Å². The zero-order chi connectivity index (χ0) is 23.5. The van der Waals surface area contributed by atoms with Crippen LogP contribution in [-0.4, -0.2) is 23.8 Å². The van der Waals surface area contributed by atoms with E-state index < -0.39 is 0 Å². The van der Waals surface area contributed by atoms with Gasteiger partial charge in [-0.15, -0.1) is 0 Å². The van der Waals surface area contributed by atoms with Gasteiger partial charge in [-0.25, -0.2) is 0 Å². The summed E-state index contributed by atoms with van der Waals surface area (Å²) in [6, 6.07) is 0.400. The Kier molecular flexibility index (Phi) is 19.5. The summed E-state index contributed by atoms with van der Waals surface area (Å²) in [6.45, 7) is 18.0. The third-order valence-corrected chi connectivity index (χ3v) is 7.21. The molecule has 3 unspecified atom stereocenters. The lowest BCUT2D eigenvalue weighted by molar-refractivity contribution is -0.107. The first-order valence-corrected chi connectivity index (χ1v) is 14.0. The van der Waals surface area contributed by atoms with Gasteiger partial charge >= 0.3 is 0 Å². The van der Waals surface area contributed by atoms with Crippen molar-refractivity contribution in [3.8, 4) is 0 Å². The molecule has 0 saturated carbocycles. The van der Waals surface area contributed by atoms with E-state index in [0.29, 0.717) is 12.5 Å². The Bertz CT molecular complexity index is 485.